The quantitative estimate of drug-likeness (QED) is 0.749. The fourth-order valence-corrected chi connectivity index (χ4v) is 3.10. The highest BCUT2D eigenvalue weighted by Crippen LogP contribution is 2.37. The third kappa shape index (κ3) is 4.59. The second kappa shape index (κ2) is 7.21. The Morgan fingerprint density at radius 1 is 1.20 bits per heavy atom. The Bertz CT molecular complexity index is 410. The summed E-state index contributed by atoms with van der Waals surface area (Å²) in [5.74, 6) is 1.25. The Morgan fingerprint density at radius 2 is 1.95 bits per heavy atom. The molecule has 20 heavy (non-hydrogen) atoms. The first kappa shape index (κ1) is 15.5. The molecule has 1 saturated carbocycles. The summed E-state index contributed by atoms with van der Waals surface area (Å²) in [4.78, 5) is 0. The van der Waals surface area contributed by atoms with Crippen molar-refractivity contribution >= 4 is 0 Å². The molecule has 2 heteroatoms. The van der Waals surface area contributed by atoms with Crippen molar-refractivity contribution in [3.8, 4) is 0 Å². The molecule has 0 amide bonds. The van der Waals surface area contributed by atoms with Gasteiger partial charge in [0.05, 0.1) is 0 Å². The Labute approximate surface area is 123 Å². The number of benzene rings is 1. The molecular weight excluding hydrogens is 249 g/mol. The van der Waals surface area contributed by atoms with E-state index >= 15 is 0 Å². The Balaban J connectivity index is 1.66. The molecular formula is C18H28FN. The van der Waals surface area contributed by atoms with Gasteiger partial charge in [-0.3, -0.25) is 0 Å². The van der Waals surface area contributed by atoms with E-state index in [0.717, 1.165) is 24.3 Å². The van der Waals surface area contributed by atoms with Crippen molar-refractivity contribution in [2.45, 2.75) is 70.9 Å². The minimum atomic E-state index is -0.110. The Morgan fingerprint density at radius 3 is 2.60 bits per heavy atom. The second-order valence-corrected chi connectivity index (χ2v) is 6.81. The lowest BCUT2D eigenvalue weighted by atomic mass is 9.75. The summed E-state index contributed by atoms with van der Waals surface area (Å²) in [6.07, 6.45) is 6.20. The van der Waals surface area contributed by atoms with Crippen LogP contribution in [0.3, 0.4) is 0 Å². The van der Waals surface area contributed by atoms with Crippen LogP contribution >= 0.6 is 0 Å². The van der Waals surface area contributed by atoms with Crippen LogP contribution in [0.25, 0.3) is 0 Å². The molecule has 0 aliphatic heterocycles. The molecule has 0 bridgehead atoms. The maximum atomic E-state index is 13.2. The maximum Gasteiger partial charge on any atom is 0.123 e. The molecule has 1 aromatic rings. The van der Waals surface area contributed by atoms with Crippen molar-refractivity contribution in [1.82, 2.24) is 5.32 Å². The van der Waals surface area contributed by atoms with E-state index in [1.165, 1.54) is 25.3 Å². The third-order valence-corrected chi connectivity index (χ3v) is 4.40. The summed E-state index contributed by atoms with van der Waals surface area (Å²) in [6.45, 7) is 6.86. The van der Waals surface area contributed by atoms with Crippen LogP contribution in [0.1, 0.15) is 64.4 Å². The van der Waals surface area contributed by atoms with Gasteiger partial charge < -0.3 is 5.32 Å². The summed E-state index contributed by atoms with van der Waals surface area (Å²) in [5, 5.41) is 3.71. The molecule has 0 spiro atoms. The van der Waals surface area contributed by atoms with Crippen LogP contribution in [0.5, 0.6) is 0 Å². The molecule has 0 saturated heterocycles. The van der Waals surface area contributed by atoms with Gasteiger partial charge in [0.15, 0.2) is 0 Å². The highest BCUT2D eigenvalue weighted by Gasteiger charge is 2.30. The first-order valence-corrected chi connectivity index (χ1v) is 8.06. The van der Waals surface area contributed by atoms with E-state index in [-0.39, 0.29) is 5.82 Å². The minimum Gasteiger partial charge on any atom is -0.311 e. The monoisotopic (exact) mass is 277 g/mol. The maximum absolute atomic E-state index is 13.2. The van der Waals surface area contributed by atoms with Crippen molar-refractivity contribution in [2.75, 3.05) is 0 Å². The minimum absolute atomic E-state index is 0.110. The van der Waals surface area contributed by atoms with Crippen molar-refractivity contribution in [2.24, 2.45) is 5.92 Å². The van der Waals surface area contributed by atoms with Crippen molar-refractivity contribution in [3.63, 3.8) is 0 Å². The Kier molecular flexibility index (Phi) is 5.59. The van der Waals surface area contributed by atoms with Gasteiger partial charge in [0, 0.05) is 12.1 Å². The zero-order valence-corrected chi connectivity index (χ0v) is 13.0. The average Bonchev–Trinajstić information content (AvgIpc) is 2.32. The largest absolute Gasteiger partial charge is 0.311 e. The number of nitrogens with one attached hydrogen (secondary N) is 1. The molecule has 1 atom stereocenters. The number of halogens is 1. The number of hydrogen-bond donors (Lipinski definition) is 1. The van der Waals surface area contributed by atoms with Gasteiger partial charge in [-0.15, -0.1) is 0 Å². The summed E-state index contributed by atoms with van der Waals surface area (Å²) < 4.78 is 13.2. The molecule has 112 valence electrons. The first-order chi connectivity index (χ1) is 9.54. The summed E-state index contributed by atoms with van der Waals surface area (Å²) in [5.41, 5.74) is 1.16. The lowest BCUT2D eigenvalue weighted by Crippen LogP contribution is -2.44. The predicted molar refractivity (Wildman–Crippen MR) is 83.4 cm³/mol. The molecule has 0 radical (unpaired) electrons. The zero-order chi connectivity index (χ0) is 14.5. The number of rotatable bonds is 7. The van der Waals surface area contributed by atoms with Crippen LogP contribution in [-0.4, -0.2) is 12.1 Å². The van der Waals surface area contributed by atoms with Gasteiger partial charge in [0.25, 0.3) is 0 Å². The lowest BCUT2D eigenvalue weighted by Gasteiger charge is -2.38. The van der Waals surface area contributed by atoms with E-state index in [2.05, 4.69) is 32.2 Å². The topological polar surface area (TPSA) is 12.0 Å². The van der Waals surface area contributed by atoms with Gasteiger partial charge in [-0.25, -0.2) is 4.39 Å². The van der Waals surface area contributed by atoms with Crippen LogP contribution in [0.2, 0.25) is 0 Å². The highest BCUT2D eigenvalue weighted by atomic mass is 19.1. The van der Waals surface area contributed by atoms with E-state index < -0.39 is 0 Å². The van der Waals surface area contributed by atoms with Gasteiger partial charge >= 0.3 is 0 Å². The van der Waals surface area contributed by atoms with Crippen molar-refractivity contribution < 1.29 is 4.39 Å². The van der Waals surface area contributed by atoms with Gasteiger partial charge in [0.2, 0.25) is 0 Å². The van der Waals surface area contributed by atoms with E-state index in [0.29, 0.717) is 18.0 Å². The van der Waals surface area contributed by atoms with Gasteiger partial charge in [-0.2, -0.15) is 0 Å². The molecule has 0 heterocycles. The van der Waals surface area contributed by atoms with E-state index in [4.69, 9.17) is 0 Å². The van der Waals surface area contributed by atoms with Gasteiger partial charge in [0.1, 0.15) is 5.82 Å². The highest BCUT2D eigenvalue weighted by molar-refractivity contribution is 5.23. The number of hydrogen-bond acceptors (Lipinski definition) is 1. The summed E-state index contributed by atoms with van der Waals surface area (Å²) >= 11 is 0. The molecule has 1 aliphatic rings. The van der Waals surface area contributed by atoms with Crippen LogP contribution in [-0.2, 0) is 0 Å². The summed E-state index contributed by atoms with van der Waals surface area (Å²) in [6, 6.07) is 8.31. The molecule has 1 unspecified atom stereocenters. The molecule has 1 fully saturated rings. The molecule has 2 rings (SSSR count). The first-order valence-electron chi connectivity index (χ1n) is 8.06. The third-order valence-electron chi connectivity index (χ3n) is 4.40. The van der Waals surface area contributed by atoms with Gasteiger partial charge in [-0.05, 0) is 55.7 Å². The normalized spacial score (nSPS) is 23.6. The smallest absolute Gasteiger partial charge is 0.123 e. The molecule has 0 aromatic heterocycles. The fraction of sp³-hybridized carbons (Fsp3) is 0.667. The van der Waals surface area contributed by atoms with Crippen molar-refractivity contribution in [3.05, 3.63) is 35.6 Å². The van der Waals surface area contributed by atoms with E-state index in [9.17, 15) is 4.39 Å². The van der Waals surface area contributed by atoms with Crippen LogP contribution in [0.15, 0.2) is 24.3 Å². The molecule has 1 aliphatic carbocycles. The van der Waals surface area contributed by atoms with Crippen LogP contribution < -0.4 is 5.32 Å². The fourth-order valence-electron chi connectivity index (χ4n) is 3.10. The molecule has 1 N–H and O–H groups in total. The Hall–Kier alpha value is -0.890. The standard InChI is InChI=1S/C18H28FN/c1-13(2)6-4-7-14(3)20-18-11-16(12-18)15-8-5-9-17(19)10-15/h5,8-10,13-14,16,18,20H,4,6-7,11-12H2,1-3H3. The zero-order valence-electron chi connectivity index (χ0n) is 13.0. The molecule has 1 nitrogen and oxygen atoms in total. The second-order valence-electron chi connectivity index (χ2n) is 6.81. The predicted octanol–water partition coefficient (Wildman–Crippen LogP) is 4.88. The van der Waals surface area contributed by atoms with E-state index in [1.54, 1.807) is 6.07 Å². The summed E-state index contributed by atoms with van der Waals surface area (Å²) in [7, 11) is 0. The van der Waals surface area contributed by atoms with E-state index in [1.807, 2.05) is 6.07 Å². The van der Waals surface area contributed by atoms with Gasteiger partial charge in [-0.1, -0.05) is 38.8 Å². The van der Waals surface area contributed by atoms with Crippen LogP contribution in [0, 0.1) is 11.7 Å². The molecule has 1 aromatic carbocycles. The van der Waals surface area contributed by atoms with Crippen LogP contribution in [0.4, 0.5) is 4.39 Å². The van der Waals surface area contributed by atoms with Crippen molar-refractivity contribution in [1.29, 1.82) is 0 Å². The lowest BCUT2D eigenvalue weighted by molar-refractivity contribution is 0.262. The average molecular weight is 277 g/mol. The SMILES string of the molecule is CC(C)CCCC(C)NC1CC(c2cccc(F)c2)C1.